The van der Waals surface area contributed by atoms with Gasteiger partial charge in [0.2, 0.25) is 0 Å². The highest BCUT2D eigenvalue weighted by Gasteiger charge is 2.01. The number of alkyl halides is 1. The zero-order valence-electron chi connectivity index (χ0n) is 9.06. The van der Waals surface area contributed by atoms with Crippen LogP contribution in [0.1, 0.15) is 34.6 Å². The van der Waals surface area contributed by atoms with Gasteiger partial charge in [-0.1, -0.05) is 43.6 Å². The molecule has 0 unspecified atom stereocenters. The number of hydrogen-bond donors (Lipinski definition) is 0. The van der Waals surface area contributed by atoms with Crippen LogP contribution in [0.5, 0.6) is 0 Å². The molecule has 0 fully saturated rings. The molecule has 2 nitrogen and oxygen atoms in total. The second-order valence-electron chi connectivity index (χ2n) is 3.52. The van der Waals surface area contributed by atoms with E-state index in [9.17, 15) is 9.59 Å². The van der Waals surface area contributed by atoms with E-state index in [0.29, 0.717) is 5.33 Å². The lowest BCUT2D eigenvalue weighted by molar-refractivity contribution is -0.120. The van der Waals surface area contributed by atoms with Crippen molar-refractivity contribution >= 4 is 27.5 Å². The third-order valence-corrected chi connectivity index (χ3v) is 2.14. The molecule has 0 aromatic rings. The van der Waals surface area contributed by atoms with Gasteiger partial charge in [-0.05, 0) is 6.92 Å². The van der Waals surface area contributed by atoms with Crippen molar-refractivity contribution in [3.63, 3.8) is 0 Å². The highest BCUT2D eigenvalue weighted by molar-refractivity contribution is 9.09. The summed E-state index contributed by atoms with van der Waals surface area (Å²) in [6.07, 6.45) is 0. The molecular formula is C10H19BrO2. The van der Waals surface area contributed by atoms with E-state index in [-0.39, 0.29) is 23.4 Å². The van der Waals surface area contributed by atoms with Crippen molar-refractivity contribution < 1.29 is 9.59 Å². The average molecular weight is 251 g/mol. The molecule has 13 heavy (non-hydrogen) atoms. The molecule has 0 heterocycles. The normalized spacial score (nSPS) is 9.54. The molecule has 0 saturated heterocycles. The molecular weight excluding hydrogens is 232 g/mol. The number of hydrogen-bond acceptors (Lipinski definition) is 2. The summed E-state index contributed by atoms with van der Waals surface area (Å²) >= 11 is 3.07. The number of carbonyl (C=O) groups is 2. The number of halogens is 1. The summed E-state index contributed by atoms with van der Waals surface area (Å²) < 4.78 is 0. The third kappa shape index (κ3) is 11.8. The van der Waals surface area contributed by atoms with E-state index in [4.69, 9.17) is 0 Å². The maximum atomic E-state index is 10.5. The maximum Gasteiger partial charge on any atom is 0.145 e. The Bertz CT molecular complexity index is 162. The molecule has 3 heteroatoms. The van der Waals surface area contributed by atoms with Gasteiger partial charge in [0.05, 0.1) is 5.33 Å². The Morgan fingerprint density at radius 3 is 1.38 bits per heavy atom. The molecule has 0 rings (SSSR count). The minimum atomic E-state index is 0.180. The highest BCUT2D eigenvalue weighted by Crippen LogP contribution is 1.95. The third-order valence-electron chi connectivity index (χ3n) is 1.59. The van der Waals surface area contributed by atoms with Crippen LogP contribution in [0, 0.1) is 11.8 Å². The smallest absolute Gasteiger partial charge is 0.145 e. The Hall–Kier alpha value is -0.180. The van der Waals surface area contributed by atoms with Crippen LogP contribution in [0.3, 0.4) is 0 Å². The molecule has 0 spiro atoms. The molecule has 0 aliphatic rings. The van der Waals surface area contributed by atoms with Crippen LogP contribution in [0.4, 0.5) is 0 Å². The van der Waals surface area contributed by atoms with E-state index in [1.165, 1.54) is 0 Å². The SMILES string of the molecule is CC(=O)C(C)C.CC(C)C(=O)CBr. The van der Waals surface area contributed by atoms with Gasteiger partial charge >= 0.3 is 0 Å². The summed E-state index contributed by atoms with van der Waals surface area (Å²) in [6.45, 7) is 9.17. The molecule has 0 N–H and O–H groups in total. The Morgan fingerprint density at radius 1 is 1.08 bits per heavy atom. The number of ketones is 2. The van der Waals surface area contributed by atoms with Crippen LogP contribution in [0.2, 0.25) is 0 Å². The van der Waals surface area contributed by atoms with Gasteiger partial charge in [-0.2, -0.15) is 0 Å². The van der Waals surface area contributed by atoms with Gasteiger partial charge in [-0.15, -0.1) is 0 Å². The van der Waals surface area contributed by atoms with Gasteiger partial charge in [0.15, 0.2) is 0 Å². The molecule has 0 radical (unpaired) electrons. The monoisotopic (exact) mass is 250 g/mol. The average Bonchev–Trinajstić information content (AvgIpc) is 2.03. The highest BCUT2D eigenvalue weighted by atomic mass is 79.9. The van der Waals surface area contributed by atoms with Crippen LogP contribution in [-0.2, 0) is 9.59 Å². The van der Waals surface area contributed by atoms with E-state index in [0.717, 1.165) is 0 Å². The lowest BCUT2D eigenvalue weighted by Crippen LogP contribution is -2.06. The van der Waals surface area contributed by atoms with Crippen LogP contribution >= 0.6 is 15.9 Å². The summed E-state index contributed by atoms with van der Waals surface area (Å²) in [7, 11) is 0. The minimum absolute atomic E-state index is 0.180. The summed E-state index contributed by atoms with van der Waals surface area (Å²) in [5, 5.41) is 0.491. The van der Waals surface area contributed by atoms with Crippen molar-refractivity contribution in [1.82, 2.24) is 0 Å². The lowest BCUT2D eigenvalue weighted by atomic mass is 10.1. The van der Waals surface area contributed by atoms with E-state index in [1.807, 2.05) is 27.7 Å². The van der Waals surface area contributed by atoms with Crippen molar-refractivity contribution in [1.29, 1.82) is 0 Å². The topological polar surface area (TPSA) is 34.1 Å². The number of rotatable bonds is 3. The van der Waals surface area contributed by atoms with Gasteiger partial charge in [0.1, 0.15) is 11.6 Å². The quantitative estimate of drug-likeness (QED) is 0.723. The zero-order valence-corrected chi connectivity index (χ0v) is 10.6. The molecule has 78 valence electrons. The van der Waals surface area contributed by atoms with Crippen LogP contribution in [0.15, 0.2) is 0 Å². The molecule has 0 bridgehead atoms. The fourth-order valence-corrected chi connectivity index (χ4v) is 0.802. The first-order valence-electron chi connectivity index (χ1n) is 4.42. The van der Waals surface area contributed by atoms with Gasteiger partial charge in [0, 0.05) is 11.8 Å². The Labute approximate surface area is 89.2 Å². The van der Waals surface area contributed by atoms with Crippen LogP contribution < -0.4 is 0 Å². The molecule has 0 aliphatic heterocycles. The van der Waals surface area contributed by atoms with Gasteiger partial charge < -0.3 is 0 Å². The molecule has 0 atom stereocenters. The van der Waals surface area contributed by atoms with Gasteiger partial charge in [-0.3, -0.25) is 9.59 Å². The Balaban J connectivity index is 0. The van der Waals surface area contributed by atoms with Crippen molar-refractivity contribution in [3.05, 3.63) is 0 Å². The first-order valence-corrected chi connectivity index (χ1v) is 5.54. The largest absolute Gasteiger partial charge is 0.300 e. The second-order valence-corrected chi connectivity index (χ2v) is 4.08. The first-order chi connectivity index (χ1) is 5.82. The molecule has 0 aliphatic carbocycles. The molecule has 0 amide bonds. The number of Topliss-reactive ketones (excluding diaryl/α,β-unsaturated/α-hetero) is 2. The van der Waals surface area contributed by atoms with E-state index < -0.39 is 0 Å². The van der Waals surface area contributed by atoms with Crippen molar-refractivity contribution in [2.45, 2.75) is 34.6 Å². The fraction of sp³-hybridized carbons (Fsp3) is 0.800. The van der Waals surface area contributed by atoms with Gasteiger partial charge in [0.25, 0.3) is 0 Å². The second kappa shape index (κ2) is 8.42. The number of carbonyl (C=O) groups excluding carboxylic acids is 2. The van der Waals surface area contributed by atoms with Crippen LogP contribution in [0.25, 0.3) is 0 Å². The Morgan fingerprint density at radius 2 is 1.38 bits per heavy atom. The fourth-order valence-electron chi connectivity index (χ4n) is 0.154. The van der Waals surface area contributed by atoms with Crippen LogP contribution in [-0.4, -0.2) is 16.9 Å². The van der Waals surface area contributed by atoms with Crippen molar-refractivity contribution in [2.75, 3.05) is 5.33 Å². The maximum absolute atomic E-state index is 10.5. The molecule has 0 saturated carbocycles. The standard InChI is InChI=1S/C5H9BrO.C5H10O/c1-4(2)5(7)3-6;1-4(2)5(3)6/h4H,3H2,1-2H3;4H,1-3H3. The zero-order chi connectivity index (χ0) is 11.0. The van der Waals surface area contributed by atoms with Gasteiger partial charge in [-0.25, -0.2) is 0 Å². The Kier molecular flexibility index (Phi) is 9.91. The summed E-state index contributed by atoms with van der Waals surface area (Å²) in [5.74, 6) is 0.916. The van der Waals surface area contributed by atoms with Crippen molar-refractivity contribution in [3.8, 4) is 0 Å². The van der Waals surface area contributed by atoms with E-state index in [2.05, 4.69) is 15.9 Å². The molecule has 0 aromatic heterocycles. The summed E-state index contributed by atoms with van der Waals surface area (Å²) in [4.78, 5) is 20.6. The summed E-state index contributed by atoms with van der Waals surface area (Å²) in [6, 6.07) is 0. The summed E-state index contributed by atoms with van der Waals surface area (Å²) in [5.41, 5.74) is 0. The minimum Gasteiger partial charge on any atom is -0.300 e. The van der Waals surface area contributed by atoms with Crippen molar-refractivity contribution in [2.24, 2.45) is 11.8 Å². The lowest BCUT2D eigenvalue weighted by Gasteiger charge is -1.95. The molecule has 0 aromatic carbocycles. The first kappa shape index (κ1) is 15.3. The predicted molar refractivity (Wildman–Crippen MR) is 59.2 cm³/mol. The van der Waals surface area contributed by atoms with E-state index >= 15 is 0 Å². The predicted octanol–water partition coefficient (Wildman–Crippen LogP) is 2.84. The van der Waals surface area contributed by atoms with E-state index in [1.54, 1.807) is 6.92 Å².